The molecule has 0 aromatic carbocycles. The van der Waals surface area contributed by atoms with Crippen molar-refractivity contribution in [2.75, 3.05) is 41.5 Å². The highest BCUT2D eigenvalue weighted by atomic mass is 16.5. The van der Waals surface area contributed by atoms with Gasteiger partial charge in [0.15, 0.2) is 0 Å². The maximum atomic E-state index is 13.5. The number of hydrogen-bond acceptors (Lipinski definition) is 8. The van der Waals surface area contributed by atoms with Gasteiger partial charge in [-0.2, -0.15) is 0 Å². The van der Waals surface area contributed by atoms with Gasteiger partial charge >= 0.3 is 5.97 Å². The molecule has 1 fully saturated rings. The Morgan fingerprint density at radius 3 is 2.25 bits per heavy atom. The number of carbonyl (C=O) groups is 4. The van der Waals surface area contributed by atoms with Gasteiger partial charge < -0.3 is 35.1 Å². The SMILES string of the molecule is CCC(C)C(C(CC(=O)N1CCCC1C(OC)C(C)C(=O)N[C@@H](C)C(=O)OC)OC)N(C)C(=O)CN. The van der Waals surface area contributed by atoms with Crippen LogP contribution in [-0.4, -0.2) is 105 Å². The summed E-state index contributed by atoms with van der Waals surface area (Å²) < 4.78 is 16.1. The van der Waals surface area contributed by atoms with E-state index < -0.39 is 30.1 Å². The van der Waals surface area contributed by atoms with Crippen LogP contribution in [0, 0.1) is 11.8 Å². The number of esters is 1. The first-order valence-electron chi connectivity index (χ1n) is 12.7. The van der Waals surface area contributed by atoms with E-state index in [4.69, 9.17) is 15.2 Å². The summed E-state index contributed by atoms with van der Waals surface area (Å²) in [5.74, 6) is -1.75. The van der Waals surface area contributed by atoms with Crippen LogP contribution in [0.5, 0.6) is 0 Å². The van der Waals surface area contributed by atoms with Crippen molar-refractivity contribution in [3.63, 3.8) is 0 Å². The average Bonchev–Trinajstić information content (AvgIpc) is 3.36. The van der Waals surface area contributed by atoms with E-state index in [-0.39, 0.29) is 48.7 Å². The molecule has 0 spiro atoms. The van der Waals surface area contributed by atoms with Gasteiger partial charge in [0.25, 0.3) is 0 Å². The zero-order chi connectivity index (χ0) is 27.6. The van der Waals surface area contributed by atoms with E-state index in [1.807, 2.05) is 13.8 Å². The standard InChI is InChI=1S/C25H46N4O7/c1-9-15(2)22(28(5)21(31)14-26)19(34-6)13-20(30)29-12-10-11-18(29)23(35-7)16(3)24(32)27-17(4)25(33)36-8/h15-19,22-23H,9-14,26H2,1-8H3,(H,27,32)/t15?,16?,17-,18?,19?,22?,23?/m0/s1. The van der Waals surface area contributed by atoms with Crippen molar-refractivity contribution < 1.29 is 33.4 Å². The second-order valence-corrected chi connectivity index (χ2v) is 9.60. The number of nitrogens with two attached hydrogens (primary N) is 1. The van der Waals surface area contributed by atoms with Crippen LogP contribution < -0.4 is 11.1 Å². The van der Waals surface area contributed by atoms with Gasteiger partial charge in [-0.15, -0.1) is 0 Å². The summed E-state index contributed by atoms with van der Waals surface area (Å²) in [6.07, 6.45) is 1.27. The zero-order valence-electron chi connectivity index (χ0n) is 23.1. The lowest BCUT2D eigenvalue weighted by molar-refractivity contribution is -0.147. The Kier molecular flexibility index (Phi) is 13.3. The van der Waals surface area contributed by atoms with E-state index in [0.717, 1.165) is 12.8 Å². The van der Waals surface area contributed by atoms with Crippen LogP contribution in [0.4, 0.5) is 0 Å². The number of likely N-dealkylation sites (tertiary alicyclic amines) is 1. The molecule has 0 radical (unpaired) electrons. The lowest BCUT2D eigenvalue weighted by atomic mass is 9.90. The van der Waals surface area contributed by atoms with Gasteiger partial charge in [-0.05, 0) is 25.7 Å². The van der Waals surface area contributed by atoms with Crippen molar-refractivity contribution in [2.45, 2.75) is 83.7 Å². The number of amides is 3. The molecule has 3 N–H and O–H groups in total. The maximum absolute atomic E-state index is 13.5. The summed E-state index contributed by atoms with van der Waals surface area (Å²) in [6.45, 7) is 7.74. The van der Waals surface area contributed by atoms with E-state index in [0.29, 0.717) is 13.0 Å². The van der Waals surface area contributed by atoms with Crippen molar-refractivity contribution in [3.8, 4) is 0 Å². The topological polar surface area (TPSA) is 141 Å². The molecular formula is C25H46N4O7. The largest absolute Gasteiger partial charge is 0.467 e. The molecule has 0 saturated carbocycles. The molecule has 0 bridgehead atoms. The summed E-state index contributed by atoms with van der Waals surface area (Å²) in [5, 5.41) is 2.65. The average molecular weight is 515 g/mol. The quantitative estimate of drug-likeness (QED) is 0.320. The third kappa shape index (κ3) is 7.88. The highest BCUT2D eigenvalue weighted by molar-refractivity contribution is 5.86. The van der Waals surface area contributed by atoms with Gasteiger partial charge in [0, 0.05) is 27.8 Å². The molecule has 208 valence electrons. The Morgan fingerprint density at radius 1 is 1.11 bits per heavy atom. The second kappa shape index (κ2) is 15.1. The Hall–Kier alpha value is -2.24. The van der Waals surface area contributed by atoms with Crippen molar-refractivity contribution in [2.24, 2.45) is 17.6 Å². The molecule has 7 atom stereocenters. The molecule has 36 heavy (non-hydrogen) atoms. The number of rotatable bonds is 14. The lowest BCUT2D eigenvalue weighted by Crippen LogP contribution is -2.54. The molecule has 11 nitrogen and oxygen atoms in total. The summed E-state index contributed by atoms with van der Waals surface area (Å²) in [6, 6.07) is -1.42. The third-order valence-corrected chi connectivity index (χ3v) is 7.39. The number of nitrogens with zero attached hydrogens (tertiary/aromatic N) is 2. The summed E-state index contributed by atoms with van der Waals surface area (Å²) in [4.78, 5) is 53.8. The molecule has 11 heteroatoms. The third-order valence-electron chi connectivity index (χ3n) is 7.39. The van der Waals surface area contributed by atoms with Gasteiger partial charge in [0.1, 0.15) is 6.04 Å². The maximum Gasteiger partial charge on any atom is 0.328 e. The Balaban J connectivity index is 3.05. The fourth-order valence-electron chi connectivity index (χ4n) is 5.05. The number of hydrogen-bond donors (Lipinski definition) is 2. The lowest BCUT2D eigenvalue weighted by Gasteiger charge is -2.39. The number of likely N-dealkylation sites (N-methyl/N-ethyl adjacent to an activating group) is 1. The van der Waals surface area contributed by atoms with E-state index in [1.165, 1.54) is 14.2 Å². The normalized spacial score (nSPS) is 20.6. The number of nitrogens with one attached hydrogen (secondary N) is 1. The van der Waals surface area contributed by atoms with E-state index in [9.17, 15) is 19.2 Å². The minimum Gasteiger partial charge on any atom is -0.467 e. The molecule has 1 heterocycles. The highest BCUT2D eigenvalue weighted by Crippen LogP contribution is 2.29. The van der Waals surface area contributed by atoms with E-state index in [1.54, 1.807) is 37.8 Å². The zero-order valence-corrected chi connectivity index (χ0v) is 23.1. The van der Waals surface area contributed by atoms with Crippen LogP contribution in [-0.2, 0) is 33.4 Å². The predicted octanol–water partition coefficient (Wildman–Crippen LogP) is 0.543. The summed E-state index contributed by atoms with van der Waals surface area (Å²) in [7, 11) is 6.01. The number of carbonyl (C=O) groups excluding carboxylic acids is 4. The minimum atomic E-state index is -0.795. The molecular weight excluding hydrogens is 468 g/mol. The first kappa shape index (κ1) is 31.8. The van der Waals surface area contributed by atoms with Gasteiger partial charge in [-0.1, -0.05) is 27.2 Å². The molecule has 0 aromatic heterocycles. The van der Waals surface area contributed by atoms with Crippen LogP contribution in [0.15, 0.2) is 0 Å². The Bertz CT molecular complexity index is 750. The fraction of sp³-hybridized carbons (Fsp3) is 0.840. The number of methoxy groups -OCH3 is 3. The molecule has 6 unspecified atom stereocenters. The predicted molar refractivity (Wildman–Crippen MR) is 135 cm³/mol. The smallest absolute Gasteiger partial charge is 0.328 e. The molecule has 1 rings (SSSR count). The molecule has 1 saturated heterocycles. The van der Waals surface area contributed by atoms with Crippen molar-refractivity contribution in [3.05, 3.63) is 0 Å². The Labute approximate surface area is 215 Å². The van der Waals surface area contributed by atoms with Gasteiger partial charge in [0.05, 0.1) is 50.3 Å². The number of ether oxygens (including phenoxy) is 3. The van der Waals surface area contributed by atoms with Crippen LogP contribution >= 0.6 is 0 Å². The van der Waals surface area contributed by atoms with Crippen LogP contribution in [0.25, 0.3) is 0 Å². The van der Waals surface area contributed by atoms with Crippen LogP contribution in [0.2, 0.25) is 0 Å². The monoisotopic (exact) mass is 514 g/mol. The van der Waals surface area contributed by atoms with Crippen LogP contribution in [0.3, 0.4) is 0 Å². The summed E-state index contributed by atoms with van der Waals surface area (Å²) in [5.41, 5.74) is 5.59. The molecule has 1 aliphatic rings. The first-order valence-corrected chi connectivity index (χ1v) is 12.7. The van der Waals surface area contributed by atoms with Crippen molar-refractivity contribution in [1.29, 1.82) is 0 Å². The summed E-state index contributed by atoms with van der Waals surface area (Å²) >= 11 is 0. The molecule has 0 aliphatic carbocycles. The second-order valence-electron chi connectivity index (χ2n) is 9.60. The van der Waals surface area contributed by atoms with Gasteiger partial charge in [-0.3, -0.25) is 14.4 Å². The highest BCUT2D eigenvalue weighted by Gasteiger charge is 2.42. The minimum absolute atomic E-state index is 0.0839. The molecule has 3 amide bonds. The van der Waals surface area contributed by atoms with E-state index in [2.05, 4.69) is 10.1 Å². The van der Waals surface area contributed by atoms with Gasteiger partial charge in [0.2, 0.25) is 17.7 Å². The fourth-order valence-corrected chi connectivity index (χ4v) is 5.05. The van der Waals surface area contributed by atoms with Gasteiger partial charge in [-0.25, -0.2) is 4.79 Å². The van der Waals surface area contributed by atoms with Crippen molar-refractivity contribution >= 4 is 23.7 Å². The van der Waals surface area contributed by atoms with Crippen molar-refractivity contribution in [1.82, 2.24) is 15.1 Å². The molecule has 1 aliphatic heterocycles. The van der Waals surface area contributed by atoms with E-state index >= 15 is 0 Å². The first-order chi connectivity index (χ1) is 17.0. The van der Waals surface area contributed by atoms with Crippen LogP contribution in [0.1, 0.15) is 53.4 Å². The molecule has 0 aromatic rings. The Morgan fingerprint density at radius 2 is 1.75 bits per heavy atom.